The molecule has 0 aliphatic carbocycles. The Morgan fingerprint density at radius 2 is 1.81 bits per heavy atom. The smallest absolute Gasteiger partial charge is 0.295 e. The fourth-order valence-electron chi connectivity index (χ4n) is 3.52. The van der Waals surface area contributed by atoms with E-state index in [4.69, 9.17) is 37.8 Å². The van der Waals surface area contributed by atoms with E-state index < -0.39 is 17.7 Å². The van der Waals surface area contributed by atoms with Crippen molar-refractivity contribution in [1.82, 2.24) is 4.90 Å². The Bertz CT molecular complexity index is 1020. The van der Waals surface area contributed by atoms with Gasteiger partial charge in [0.15, 0.2) is 0 Å². The van der Waals surface area contributed by atoms with Crippen LogP contribution >= 0.6 is 23.2 Å². The molecule has 1 saturated heterocycles. The second-order valence-electron chi connectivity index (χ2n) is 6.95. The van der Waals surface area contributed by atoms with Crippen LogP contribution in [0.5, 0.6) is 5.75 Å². The number of ether oxygens (including phenoxy) is 2. The number of likely N-dealkylation sites (tertiary alicyclic amines) is 1. The number of Topliss-reactive ketones (excluding diaryl/α,β-unsaturated/α-hetero) is 1. The average Bonchev–Trinajstić information content (AvgIpc) is 3.02. The van der Waals surface area contributed by atoms with Gasteiger partial charge in [-0.25, -0.2) is 0 Å². The van der Waals surface area contributed by atoms with Gasteiger partial charge in [0.1, 0.15) is 11.5 Å². The second-order valence-corrected chi connectivity index (χ2v) is 7.80. The zero-order valence-electron chi connectivity index (χ0n) is 17.4. The minimum absolute atomic E-state index is 0.0637. The first kappa shape index (κ1) is 24.1. The maximum absolute atomic E-state index is 13.0. The monoisotopic (exact) mass is 479 g/mol. The number of hydrogen-bond acceptors (Lipinski definition) is 6. The molecule has 9 heteroatoms. The Balaban J connectivity index is 2.07. The maximum atomic E-state index is 13.0. The lowest BCUT2D eigenvalue weighted by atomic mass is 9.95. The van der Waals surface area contributed by atoms with Gasteiger partial charge in [-0.15, -0.1) is 0 Å². The van der Waals surface area contributed by atoms with Gasteiger partial charge >= 0.3 is 0 Å². The Hall–Kier alpha value is -2.58. The van der Waals surface area contributed by atoms with E-state index in [0.29, 0.717) is 28.5 Å². The second kappa shape index (κ2) is 10.8. The number of amides is 1. The molecule has 32 heavy (non-hydrogen) atoms. The van der Waals surface area contributed by atoms with Crippen LogP contribution in [0, 0.1) is 0 Å². The van der Waals surface area contributed by atoms with Crippen molar-refractivity contribution in [2.24, 2.45) is 0 Å². The van der Waals surface area contributed by atoms with Gasteiger partial charge < -0.3 is 24.6 Å². The first-order chi connectivity index (χ1) is 15.4. The Morgan fingerprint density at radius 1 is 1.09 bits per heavy atom. The highest BCUT2D eigenvalue weighted by Gasteiger charge is 2.46. The topological polar surface area (TPSA) is 96.3 Å². The van der Waals surface area contributed by atoms with Crippen molar-refractivity contribution in [2.45, 2.75) is 13.0 Å². The van der Waals surface area contributed by atoms with Gasteiger partial charge in [-0.3, -0.25) is 9.59 Å². The first-order valence-electron chi connectivity index (χ1n) is 10.0. The third-order valence-electron chi connectivity index (χ3n) is 4.95. The minimum atomic E-state index is -0.927. The van der Waals surface area contributed by atoms with Crippen molar-refractivity contribution in [3.05, 3.63) is 69.2 Å². The molecule has 2 N–H and O–H groups in total. The number of carbonyl (C=O) groups excluding carboxylic acids is 2. The highest BCUT2D eigenvalue weighted by atomic mass is 35.5. The van der Waals surface area contributed by atoms with Crippen LogP contribution < -0.4 is 4.74 Å². The van der Waals surface area contributed by atoms with Gasteiger partial charge in [0.25, 0.3) is 11.7 Å². The number of ketones is 1. The molecule has 1 amide bonds. The molecule has 0 bridgehead atoms. The van der Waals surface area contributed by atoms with Crippen molar-refractivity contribution < 1.29 is 29.3 Å². The van der Waals surface area contributed by atoms with Crippen LogP contribution in [0.15, 0.2) is 48.0 Å². The molecule has 0 spiro atoms. The van der Waals surface area contributed by atoms with E-state index in [0.717, 1.165) is 0 Å². The third-order valence-corrected chi connectivity index (χ3v) is 5.51. The zero-order valence-corrected chi connectivity index (χ0v) is 18.9. The molecule has 2 aromatic carbocycles. The summed E-state index contributed by atoms with van der Waals surface area (Å²) in [5.41, 5.74) is 0.730. The molecule has 0 aromatic heterocycles. The standard InChI is InChI=1S/C23H23Cl2NO6/c1-2-32-16-6-3-14(4-7-16)21(28)19-20(17-8-5-15(24)13-18(17)25)26(23(30)22(19)29)9-11-31-12-10-27/h3-8,13,20,27-28H,2,9-12H2,1H3/b21-19+/t20-/m1/s1. The van der Waals surface area contributed by atoms with Gasteiger partial charge in [0.05, 0.1) is 38.0 Å². The summed E-state index contributed by atoms with van der Waals surface area (Å²) in [4.78, 5) is 27.1. The van der Waals surface area contributed by atoms with Crippen molar-refractivity contribution >= 4 is 40.7 Å². The molecule has 1 aliphatic rings. The van der Waals surface area contributed by atoms with Crippen LogP contribution in [0.2, 0.25) is 10.0 Å². The molecule has 0 saturated carbocycles. The molecule has 0 radical (unpaired) electrons. The van der Waals surface area contributed by atoms with Crippen LogP contribution in [0.4, 0.5) is 0 Å². The van der Waals surface area contributed by atoms with E-state index in [-0.39, 0.29) is 42.7 Å². The van der Waals surface area contributed by atoms with Gasteiger partial charge in [-0.2, -0.15) is 0 Å². The summed E-state index contributed by atoms with van der Waals surface area (Å²) in [6.07, 6.45) is 0. The average molecular weight is 480 g/mol. The summed E-state index contributed by atoms with van der Waals surface area (Å²) in [6.45, 7) is 2.44. The number of hydrogen-bond donors (Lipinski definition) is 2. The van der Waals surface area contributed by atoms with Crippen LogP contribution in [0.3, 0.4) is 0 Å². The van der Waals surface area contributed by atoms with Crippen LogP contribution in [0.1, 0.15) is 24.1 Å². The van der Waals surface area contributed by atoms with Gasteiger partial charge in [0.2, 0.25) is 0 Å². The van der Waals surface area contributed by atoms with E-state index >= 15 is 0 Å². The van der Waals surface area contributed by atoms with Crippen LogP contribution in [-0.4, -0.2) is 59.8 Å². The minimum Gasteiger partial charge on any atom is -0.507 e. The van der Waals surface area contributed by atoms with Gasteiger partial charge in [-0.1, -0.05) is 29.3 Å². The number of benzene rings is 2. The van der Waals surface area contributed by atoms with Gasteiger partial charge in [-0.05, 0) is 48.9 Å². The summed E-state index contributed by atoms with van der Waals surface area (Å²) in [5.74, 6) is -1.31. The molecule has 170 valence electrons. The van der Waals surface area contributed by atoms with E-state index in [9.17, 15) is 14.7 Å². The van der Waals surface area contributed by atoms with E-state index in [1.54, 1.807) is 36.4 Å². The maximum Gasteiger partial charge on any atom is 0.295 e. The van der Waals surface area contributed by atoms with Crippen LogP contribution in [-0.2, 0) is 14.3 Å². The van der Waals surface area contributed by atoms with Crippen molar-refractivity contribution in [3.8, 4) is 5.75 Å². The lowest BCUT2D eigenvalue weighted by molar-refractivity contribution is -0.140. The molecule has 2 aromatic rings. The number of aliphatic hydroxyl groups excluding tert-OH is 2. The molecule has 1 heterocycles. The third kappa shape index (κ3) is 5.07. The summed E-state index contributed by atoms with van der Waals surface area (Å²) in [6, 6.07) is 10.4. The predicted octanol–water partition coefficient (Wildman–Crippen LogP) is 3.82. The molecular formula is C23H23Cl2NO6. The van der Waals surface area contributed by atoms with Crippen molar-refractivity contribution in [2.75, 3.05) is 33.0 Å². The molecule has 1 aliphatic heterocycles. The zero-order chi connectivity index (χ0) is 23.3. The Kier molecular flexibility index (Phi) is 8.15. The Morgan fingerprint density at radius 3 is 2.44 bits per heavy atom. The largest absolute Gasteiger partial charge is 0.507 e. The molecule has 1 atom stereocenters. The van der Waals surface area contributed by atoms with Crippen LogP contribution in [0.25, 0.3) is 5.76 Å². The van der Waals surface area contributed by atoms with E-state index in [2.05, 4.69) is 0 Å². The highest BCUT2D eigenvalue weighted by molar-refractivity contribution is 6.47. The Labute approximate surface area is 195 Å². The van der Waals surface area contributed by atoms with Gasteiger partial charge in [0, 0.05) is 22.2 Å². The summed E-state index contributed by atoms with van der Waals surface area (Å²) < 4.78 is 10.7. The number of carbonyl (C=O) groups is 2. The summed E-state index contributed by atoms with van der Waals surface area (Å²) in [5, 5.41) is 20.6. The first-order valence-corrected chi connectivity index (χ1v) is 10.8. The van der Waals surface area contributed by atoms with Crippen molar-refractivity contribution in [3.63, 3.8) is 0 Å². The molecule has 1 fully saturated rings. The van der Waals surface area contributed by atoms with E-state index in [1.165, 1.54) is 11.0 Å². The molecule has 3 rings (SSSR count). The SMILES string of the molecule is CCOc1ccc(/C(O)=C2\C(=O)C(=O)N(CCOCCO)[C@@H]2c2ccc(Cl)cc2Cl)cc1. The van der Waals surface area contributed by atoms with Crippen molar-refractivity contribution in [1.29, 1.82) is 0 Å². The number of halogens is 2. The number of nitrogens with zero attached hydrogens (tertiary/aromatic N) is 1. The van der Waals surface area contributed by atoms with E-state index in [1.807, 2.05) is 6.92 Å². The molecular weight excluding hydrogens is 457 g/mol. The fraction of sp³-hybridized carbons (Fsp3) is 0.304. The fourth-order valence-corrected chi connectivity index (χ4v) is 4.03. The lowest BCUT2D eigenvalue weighted by Crippen LogP contribution is -2.33. The number of rotatable bonds is 9. The lowest BCUT2D eigenvalue weighted by Gasteiger charge is -2.26. The predicted molar refractivity (Wildman–Crippen MR) is 121 cm³/mol. The highest BCUT2D eigenvalue weighted by Crippen LogP contribution is 2.42. The normalized spacial score (nSPS) is 17.8. The number of aliphatic hydroxyl groups is 2. The summed E-state index contributed by atoms with van der Waals surface area (Å²) in [7, 11) is 0. The quantitative estimate of drug-likeness (QED) is 0.245. The molecule has 7 nitrogen and oxygen atoms in total. The summed E-state index contributed by atoms with van der Waals surface area (Å²) >= 11 is 12.4. The molecule has 0 unspecified atom stereocenters.